The van der Waals surface area contributed by atoms with Crippen molar-refractivity contribution in [3.05, 3.63) is 0 Å². The molecule has 0 aromatic carbocycles. The predicted molar refractivity (Wildman–Crippen MR) is 44.4 cm³/mol. The zero-order chi connectivity index (χ0) is 13.5. The Kier molecular flexibility index (Phi) is 3.37. The molecule has 1 rings (SSSR count). The van der Waals surface area contributed by atoms with Crippen molar-refractivity contribution >= 4 is 5.97 Å². The summed E-state index contributed by atoms with van der Waals surface area (Å²) in [5, 5.41) is 8.69. The molecule has 0 bridgehead atoms. The number of carboxylic acids is 1. The second kappa shape index (κ2) is 4.06. The topological polar surface area (TPSA) is 37.3 Å². The van der Waals surface area contributed by atoms with Gasteiger partial charge in [-0.1, -0.05) is 0 Å². The van der Waals surface area contributed by atoms with Crippen LogP contribution in [0.2, 0.25) is 0 Å². The van der Waals surface area contributed by atoms with Gasteiger partial charge in [0.1, 0.15) is 5.41 Å². The van der Waals surface area contributed by atoms with E-state index in [4.69, 9.17) is 5.11 Å². The van der Waals surface area contributed by atoms with Crippen molar-refractivity contribution < 1.29 is 36.2 Å². The largest absolute Gasteiger partial charge is 0.481 e. The average Bonchev–Trinajstić information content (AvgIpc) is 2.16. The highest BCUT2D eigenvalue weighted by Gasteiger charge is 2.66. The van der Waals surface area contributed by atoms with Gasteiger partial charge in [0.15, 0.2) is 0 Å². The molecule has 0 heterocycles. The summed E-state index contributed by atoms with van der Waals surface area (Å²) in [6.45, 7) is 0. The van der Waals surface area contributed by atoms with Crippen LogP contribution < -0.4 is 0 Å². The van der Waals surface area contributed by atoms with Crippen LogP contribution in [0.15, 0.2) is 0 Å². The molecule has 1 saturated carbocycles. The van der Waals surface area contributed by atoms with E-state index in [1.807, 2.05) is 0 Å². The number of carboxylic acid groups (broad SMARTS) is 1. The maximum absolute atomic E-state index is 13.2. The molecule has 0 spiro atoms. The Morgan fingerprint density at radius 2 is 1.53 bits per heavy atom. The number of hydrogen-bond acceptors (Lipinski definition) is 1. The van der Waals surface area contributed by atoms with Crippen LogP contribution in [0, 0.1) is 5.41 Å². The Morgan fingerprint density at radius 3 is 1.82 bits per heavy atom. The number of alkyl halides is 6. The fourth-order valence-corrected chi connectivity index (χ4v) is 1.94. The van der Waals surface area contributed by atoms with E-state index in [0.717, 1.165) is 0 Å². The molecule has 0 radical (unpaired) electrons. The highest BCUT2D eigenvalue weighted by Crippen LogP contribution is 2.53. The smallest absolute Gasteiger partial charge is 0.323 e. The van der Waals surface area contributed by atoms with Gasteiger partial charge in [0.2, 0.25) is 5.92 Å². The number of carbonyl (C=O) groups is 1. The van der Waals surface area contributed by atoms with E-state index >= 15 is 0 Å². The average molecular weight is 264 g/mol. The van der Waals surface area contributed by atoms with E-state index in [1.165, 1.54) is 0 Å². The fraction of sp³-hybridized carbons (Fsp3) is 0.889. The summed E-state index contributed by atoms with van der Waals surface area (Å²) >= 11 is 0. The number of aliphatic carboxylic acids is 1. The van der Waals surface area contributed by atoms with Crippen molar-refractivity contribution in [1.29, 1.82) is 0 Å². The highest BCUT2D eigenvalue weighted by molar-refractivity contribution is 5.76. The Bertz CT molecular complexity index is 305. The summed E-state index contributed by atoms with van der Waals surface area (Å²) in [6, 6.07) is 0. The zero-order valence-electron chi connectivity index (χ0n) is 8.53. The molecular formula is C9H10F6O2. The molecular weight excluding hydrogens is 254 g/mol. The quantitative estimate of drug-likeness (QED) is 0.795. The van der Waals surface area contributed by atoms with Crippen LogP contribution in [0.1, 0.15) is 25.7 Å². The molecule has 0 aliphatic heterocycles. The minimum Gasteiger partial charge on any atom is -0.481 e. The minimum atomic E-state index is -4.81. The summed E-state index contributed by atoms with van der Waals surface area (Å²) in [6.07, 6.45) is -8.76. The Morgan fingerprint density at radius 1 is 1.12 bits per heavy atom. The van der Waals surface area contributed by atoms with Crippen molar-refractivity contribution in [3.8, 4) is 0 Å². The van der Waals surface area contributed by atoms with Crippen LogP contribution in [0.4, 0.5) is 26.3 Å². The van der Waals surface area contributed by atoms with Gasteiger partial charge in [-0.2, -0.15) is 8.78 Å². The molecule has 0 amide bonds. The molecule has 1 aliphatic carbocycles. The van der Waals surface area contributed by atoms with Crippen molar-refractivity contribution in [2.45, 2.75) is 44.0 Å². The third-order valence-corrected chi connectivity index (χ3v) is 3.16. The molecule has 0 unspecified atom stereocenters. The Labute approximate surface area is 92.6 Å². The molecule has 0 atom stereocenters. The van der Waals surface area contributed by atoms with Crippen LogP contribution in [0.5, 0.6) is 0 Å². The fourth-order valence-electron chi connectivity index (χ4n) is 1.94. The van der Waals surface area contributed by atoms with Crippen LogP contribution in [0.25, 0.3) is 0 Å². The molecule has 0 aromatic rings. The van der Waals surface area contributed by atoms with Gasteiger partial charge in [0.05, 0.1) is 0 Å². The number of rotatable bonds is 3. The van der Waals surface area contributed by atoms with E-state index in [9.17, 15) is 31.1 Å². The van der Waals surface area contributed by atoms with Gasteiger partial charge in [-0.3, -0.25) is 4.79 Å². The second-order valence-electron chi connectivity index (χ2n) is 4.17. The van der Waals surface area contributed by atoms with Gasteiger partial charge in [0, 0.05) is 12.8 Å². The Balaban J connectivity index is 3.06. The molecule has 2 nitrogen and oxygen atoms in total. The molecule has 1 aliphatic rings. The first-order valence-electron chi connectivity index (χ1n) is 4.82. The van der Waals surface area contributed by atoms with Crippen LogP contribution in [0.3, 0.4) is 0 Å². The van der Waals surface area contributed by atoms with E-state index in [-0.39, 0.29) is 0 Å². The number of halogens is 6. The molecule has 0 saturated heterocycles. The zero-order valence-corrected chi connectivity index (χ0v) is 8.53. The van der Waals surface area contributed by atoms with E-state index in [0.29, 0.717) is 0 Å². The normalized spacial score (nSPS) is 23.7. The molecule has 0 aromatic heterocycles. The third-order valence-electron chi connectivity index (χ3n) is 3.16. The minimum absolute atomic E-state index is 1.12. The first-order valence-corrected chi connectivity index (χ1v) is 4.82. The molecule has 1 N–H and O–H groups in total. The van der Waals surface area contributed by atoms with Crippen molar-refractivity contribution in [2.24, 2.45) is 5.41 Å². The predicted octanol–water partition coefficient (Wildman–Crippen LogP) is 3.17. The standard InChI is InChI=1S/C9H10F6O2/c10-5(11)9(14,15)7(6(16)17)1-3-8(12,13)4-2-7/h5H,1-4H2,(H,16,17). The van der Waals surface area contributed by atoms with E-state index in [2.05, 4.69) is 0 Å². The van der Waals surface area contributed by atoms with Gasteiger partial charge >= 0.3 is 18.3 Å². The first-order chi connectivity index (χ1) is 7.55. The van der Waals surface area contributed by atoms with Gasteiger partial charge in [-0.05, 0) is 12.8 Å². The third kappa shape index (κ3) is 2.21. The molecule has 17 heavy (non-hydrogen) atoms. The van der Waals surface area contributed by atoms with Crippen LogP contribution in [-0.2, 0) is 4.79 Å². The van der Waals surface area contributed by atoms with Crippen molar-refractivity contribution in [1.82, 2.24) is 0 Å². The van der Waals surface area contributed by atoms with E-state index in [1.54, 1.807) is 0 Å². The summed E-state index contributed by atoms with van der Waals surface area (Å²) < 4.78 is 76.4. The van der Waals surface area contributed by atoms with Gasteiger partial charge in [0.25, 0.3) is 0 Å². The Hall–Kier alpha value is -0.950. The van der Waals surface area contributed by atoms with Gasteiger partial charge in [-0.15, -0.1) is 0 Å². The van der Waals surface area contributed by atoms with Gasteiger partial charge < -0.3 is 5.11 Å². The molecule has 8 heteroatoms. The lowest BCUT2D eigenvalue weighted by atomic mass is 9.68. The first kappa shape index (κ1) is 14.1. The van der Waals surface area contributed by atoms with Crippen LogP contribution >= 0.6 is 0 Å². The second-order valence-corrected chi connectivity index (χ2v) is 4.17. The maximum atomic E-state index is 13.2. The lowest BCUT2D eigenvalue weighted by Gasteiger charge is -2.41. The summed E-state index contributed by atoms with van der Waals surface area (Å²) in [4.78, 5) is 10.8. The lowest BCUT2D eigenvalue weighted by Crippen LogP contribution is -2.54. The van der Waals surface area contributed by atoms with Crippen molar-refractivity contribution in [3.63, 3.8) is 0 Å². The van der Waals surface area contributed by atoms with Crippen molar-refractivity contribution in [2.75, 3.05) is 0 Å². The van der Waals surface area contributed by atoms with E-state index < -0.39 is 55.3 Å². The number of hydrogen-bond donors (Lipinski definition) is 1. The van der Waals surface area contributed by atoms with Gasteiger partial charge in [-0.25, -0.2) is 17.6 Å². The molecule has 1 fully saturated rings. The van der Waals surface area contributed by atoms with Crippen LogP contribution in [-0.4, -0.2) is 29.3 Å². The highest BCUT2D eigenvalue weighted by atomic mass is 19.3. The monoisotopic (exact) mass is 264 g/mol. The lowest BCUT2D eigenvalue weighted by molar-refractivity contribution is -0.237. The summed E-state index contributed by atoms with van der Waals surface area (Å²) in [7, 11) is 0. The maximum Gasteiger partial charge on any atom is 0.323 e. The summed E-state index contributed by atoms with van der Waals surface area (Å²) in [5.74, 6) is -10.2. The molecule has 100 valence electrons. The SMILES string of the molecule is O=C(O)C1(C(F)(F)C(F)F)CCC(F)(F)CC1. The summed E-state index contributed by atoms with van der Waals surface area (Å²) in [5.41, 5.74) is -3.09.